The minimum atomic E-state index is 0.785. The van der Waals surface area contributed by atoms with Crippen LogP contribution in [0.25, 0.3) is 22.4 Å². The molecule has 0 aromatic carbocycles. The van der Waals surface area contributed by atoms with Crippen molar-refractivity contribution in [1.82, 2.24) is 29.8 Å². The van der Waals surface area contributed by atoms with Crippen LogP contribution in [0.3, 0.4) is 0 Å². The van der Waals surface area contributed by atoms with Crippen LogP contribution in [0, 0.1) is 0 Å². The van der Waals surface area contributed by atoms with Gasteiger partial charge in [-0.25, -0.2) is 19.9 Å². The van der Waals surface area contributed by atoms with E-state index in [1.165, 1.54) is 0 Å². The van der Waals surface area contributed by atoms with Crippen LogP contribution >= 0.6 is 0 Å². The molecular weight excluding hydrogens is 278 g/mol. The van der Waals surface area contributed by atoms with Gasteiger partial charge in [-0.15, -0.1) is 0 Å². The zero-order chi connectivity index (χ0) is 14.9. The van der Waals surface area contributed by atoms with E-state index in [2.05, 4.69) is 41.8 Å². The normalized spacial score (nSPS) is 16.3. The maximum atomic E-state index is 4.56. The van der Waals surface area contributed by atoms with E-state index in [4.69, 9.17) is 0 Å². The van der Waals surface area contributed by atoms with Gasteiger partial charge in [-0.05, 0) is 13.1 Å². The number of piperazine rings is 1. The molecule has 0 saturated carbocycles. The molecule has 0 spiro atoms. The fourth-order valence-electron chi connectivity index (χ4n) is 2.59. The largest absolute Gasteiger partial charge is 0.345 e. The molecule has 1 aliphatic rings. The van der Waals surface area contributed by atoms with E-state index in [0.29, 0.717) is 0 Å². The predicted octanol–water partition coefficient (Wildman–Crippen LogP) is 1.17. The van der Waals surface area contributed by atoms with E-state index < -0.39 is 0 Å². The molecule has 0 bridgehead atoms. The SMILES string of the molecule is CN1CCN(c2ncc(-c3cnc4[nH]ccc4n3)cn2)CC1. The van der Waals surface area contributed by atoms with Gasteiger partial charge in [0, 0.05) is 50.3 Å². The molecule has 7 nitrogen and oxygen atoms in total. The van der Waals surface area contributed by atoms with Crippen molar-refractivity contribution < 1.29 is 0 Å². The number of hydrogen-bond donors (Lipinski definition) is 1. The highest BCUT2D eigenvalue weighted by Gasteiger charge is 2.16. The highest BCUT2D eigenvalue weighted by atomic mass is 15.3. The summed E-state index contributed by atoms with van der Waals surface area (Å²) < 4.78 is 0. The molecule has 3 aromatic heterocycles. The highest BCUT2D eigenvalue weighted by Crippen LogP contribution is 2.19. The lowest BCUT2D eigenvalue weighted by Crippen LogP contribution is -2.45. The topological polar surface area (TPSA) is 73.8 Å². The number of nitrogens with zero attached hydrogens (tertiary/aromatic N) is 6. The Morgan fingerprint density at radius 1 is 1.00 bits per heavy atom. The molecular formula is C15H17N7. The molecule has 0 amide bonds. The maximum absolute atomic E-state index is 4.56. The molecule has 7 heteroatoms. The summed E-state index contributed by atoms with van der Waals surface area (Å²) in [5.74, 6) is 0.785. The summed E-state index contributed by atoms with van der Waals surface area (Å²) in [6, 6.07) is 1.91. The summed E-state index contributed by atoms with van der Waals surface area (Å²) in [5.41, 5.74) is 3.31. The molecule has 22 heavy (non-hydrogen) atoms. The van der Waals surface area contributed by atoms with Crippen LogP contribution < -0.4 is 4.90 Å². The lowest BCUT2D eigenvalue weighted by molar-refractivity contribution is 0.311. The number of likely N-dealkylation sites (N-methyl/N-ethyl adjacent to an activating group) is 1. The van der Waals surface area contributed by atoms with Gasteiger partial charge < -0.3 is 14.8 Å². The van der Waals surface area contributed by atoms with Gasteiger partial charge in [0.1, 0.15) is 5.52 Å². The fraction of sp³-hybridized carbons (Fsp3) is 0.333. The lowest BCUT2D eigenvalue weighted by atomic mass is 10.2. The number of fused-ring (bicyclic) bond motifs is 1. The van der Waals surface area contributed by atoms with Gasteiger partial charge in [-0.3, -0.25) is 0 Å². The second kappa shape index (κ2) is 5.34. The Labute approximate surface area is 128 Å². The van der Waals surface area contributed by atoms with Gasteiger partial charge >= 0.3 is 0 Å². The van der Waals surface area contributed by atoms with Crippen LogP contribution in [0.4, 0.5) is 5.95 Å². The Morgan fingerprint density at radius 2 is 1.77 bits per heavy atom. The number of aromatic nitrogens is 5. The van der Waals surface area contributed by atoms with Gasteiger partial charge in [0.25, 0.3) is 0 Å². The molecule has 1 aliphatic heterocycles. The molecule has 4 rings (SSSR count). The third-order valence-corrected chi connectivity index (χ3v) is 3.98. The van der Waals surface area contributed by atoms with Crippen LogP contribution in [-0.4, -0.2) is 63.0 Å². The average Bonchev–Trinajstić information content (AvgIpc) is 3.03. The van der Waals surface area contributed by atoms with E-state index in [9.17, 15) is 0 Å². The number of aromatic amines is 1. The standard InChI is InChI=1S/C15H17N7/c1-21-4-6-22(7-5-21)15-18-8-11(9-19-15)13-10-17-14-12(20-13)2-3-16-14/h2-3,8-10H,4-7H2,1H3,(H,16,17). The van der Waals surface area contributed by atoms with E-state index in [-0.39, 0.29) is 0 Å². The van der Waals surface area contributed by atoms with Crippen LogP contribution in [0.1, 0.15) is 0 Å². The van der Waals surface area contributed by atoms with Gasteiger partial charge in [0.2, 0.25) is 5.95 Å². The molecule has 0 radical (unpaired) electrons. The van der Waals surface area contributed by atoms with Crippen LogP contribution in [0.5, 0.6) is 0 Å². The summed E-state index contributed by atoms with van der Waals surface area (Å²) in [5, 5.41) is 0. The Kier molecular flexibility index (Phi) is 3.19. The number of rotatable bonds is 2. The first-order chi connectivity index (χ1) is 10.8. The van der Waals surface area contributed by atoms with Crippen LogP contribution in [0.15, 0.2) is 30.9 Å². The van der Waals surface area contributed by atoms with Crippen molar-refractivity contribution in [2.45, 2.75) is 0 Å². The van der Waals surface area contributed by atoms with Crippen molar-refractivity contribution >= 4 is 17.1 Å². The second-order valence-corrected chi connectivity index (χ2v) is 5.53. The molecule has 0 unspecified atom stereocenters. The lowest BCUT2D eigenvalue weighted by Gasteiger charge is -2.32. The van der Waals surface area contributed by atoms with E-state index >= 15 is 0 Å². The molecule has 1 saturated heterocycles. The number of anilines is 1. The average molecular weight is 295 g/mol. The fourth-order valence-corrected chi connectivity index (χ4v) is 2.59. The van der Waals surface area contributed by atoms with Gasteiger partial charge in [-0.1, -0.05) is 0 Å². The number of H-pyrrole nitrogens is 1. The van der Waals surface area contributed by atoms with Crippen LogP contribution in [0.2, 0.25) is 0 Å². The second-order valence-electron chi connectivity index (χ2n) is 5.53. The summed E-state index contributed by atoms with van der Waals surface area (Å²) in [6.07, 6.45) is 7.22. The Hall–Kier alpha value is -2.54. The Morgan fingerprint density at radius 3 is 2.55 bits per heavy atom. The van der Waals surface area contributed by atoms with Gasteiger partial charge in [0.05, 0.1) is 11.9 Å². The summed E-state index contributed by atoms with van der Waals surface area (Å²) in [7, 11) is 2.14. The van der Waals surface area contributed by atoms with E-state index in [1.807, 2.05) is 24.7 Å². The highest BCUT2D eigenvalue weighted by molar-refractivity contribution is 5.73. The summed E-state index contributed by atoms with van der Waals surface area (Å²) >= 11 is 0. The first kappa shape index (κ1) is 13.1. The maximum Gasteiger partial charge on any atom is 0.225 e. The van der Waals surface area contributed by atoms with Crippen molar-refractivity contribution in [1.29, 1.82) is 0 Å². The molecule has 1 N–H and O–H groups in total. The monoisotopic (exact) mass is 295 g/mol. The Balaban J connectivity index is 1.58. The third-order valence-electron chi connectivity index (χ3n) is 3.98. The first-order valence-electron chi connectivity index (χ1n) is 7.36. The zero-order valence-electron chi connectivity index (χ0n) is 12.4. The minimum Gasteiger partial charge on any atom is -0.345 e. The molecule has 4 heterocycles. The molecule has 3 aromatic rings. The van der Waals surface area contributed by atoms with Gasteiger partial charge in [-0.2, -0.15) is 0 Å². The van der Waals surface area contributed by atoms with Gasteiger partial charge in [0.15, 0.2) is 5.65 Å². The molecule has 0 aliphatic carbocycles. The number of hydrogen-bond acceptors (Lipinski definition) is 6. The van der Waals surface area contributed by atoms with Crippen molar-refractivity contribution in [3.05, 3.63) is 30.9 Å². The van der Waals surface area contributed by atoms with E-state index in [0.717, 1.165) is 54.5 Å². The molecule has 112 valence electrons. The summed E-state index contributed by atoms with van der Waals surface area (Å²) in [4.78, 5) is 25.5. The van der Waals surface area contributed by atoms with Crippen molar-refractivity contribution in [2.24, 2.45) is 0 Å². The third kappa shape index (κ3) is 2.39. The quantitative estimate of drug-likeness (QED) is 0.765. The van der Waals surface area contributed by atoms with Crippen LogP contribution in [-0.2, 0) is 0 Å². The van der Waals surface area contributed by atoms with E-state index in [1.54, 1.807) is 6.20 Å². The van der Waals surface area contributed by atoms with Crippen molar-refractivity contribution in [3.8, 4) is 11.3 Å². The minimum absolute atomic E-state index is 0.785. The first-order valence-corrected chi connectivity index (χ1v) is 7.36. The zero-order valence-corrected chi connectivity index (χ0v) is 12.4. The number of nitrogens with one attached hydrogen (secondary N) is 1. The van der Waals surface area contributed by atoms with Crippen molar-refractivity contribution in [2.75, 3.05) is 38.1 Å². The smallest absolute Gasteiger partial charge is 0.225 e. The summed E-state index contributed by atoms with van der Waals surface area (Å²) in [6.45, 7) is 4.01. The molecule has 1 fully saturated rings. The Bertz CT molecular complexity index is 772. The molecule has 0 atom stereocenters. The predicted molar refractivity (Wildman–Crippen MR) is 84.6 cm³/mol. The van der Waals surface area contributed by atoms with Crippen molar-refractivity contribution in [3.63, 3.8) is 0 Å².